The molecule has 224 valence electrons. The Kier molecular flexibility index (Phi) is 7.99. The summed E-state index contributed by atoms with van der Waals surface area (Å²) in [6.45, 7) is 8.81. The average Bonchev–Trinajstić information content (AvgIpc) is 2.98. The summed E-state index contributed by atoms with van der Waals surface area (Å²) in [5.74, 6) is -1.05. The number of aryl methyl sites for hydroxylation is 1. The second kappa shape index (κ2) is 11.7. The van der Waals surface area contributed by atoms with E-state index in [1.807, 2.05) is 20.8 Å². The van der Waals surface area contributed by atoms with Gasteiger partial charge in [-0.05, 0) is 53.5 Å². The number of hydrogen-bond donors (Lipinski definition) is 3. The molecule has 11 heteroatoms. The van der Waals surface area contributed by atoms with E-state index in [-0.39, 0.29) is 28.2 Å². The summed E-state index contributed by atoms with van der Waals surface area (Å²) in [5.41, 5.74) is 1.60. The minimum atomic E-state index is -0.675. The number of fused-ring (bicyclic) bond motifs is 1. The molecular formula is C33H31FN6O4. The first-order chi connectivity index (χ1) is 20.9. The van der Waals surface area contributed by atoms with Crippen molar-refractivity contribution in [3.63, 3.8) is 0 Å². The zero-order chi connectivity index (χ0) is 31.8. The first-order valence-corrected chi connectivity index (χ1v) is 13.7. The number of aliphatic hydroxyl groups excluding tert-OH is 1. The second-order valence-electron chi connectivity index (χ2n) is 11.3. The number of nitrogens with one attached hydrogen (secondary N) is 2. The highest BCUT2D eigenvalue weighted by molar-refractivity contribution is 5.99. The fourth-order valence-electron chi connectivity index (χ4n) is 4.84. The van der Waals surface area contributed by atoms with Gasteiger partial charge in [0.05, 0.1) is 29.6 Å². The van der Waals surface area contributed by atoms with Crippen molar-refractivity contribution in [3.05, 3.63) is 117 Å². The molecule has 0 unspecified atom stereocenters. The first-order valence-electron chi connectivity index (χ1n) is 13.7. The number of benzene rings is 3. The van der Waals surface area contributed by atoms with Crippen molar-refractivity contribution in [1.29, 1.82) is 0 Å². The Hall–Kier alpha value is -5.42. The molecule has 0 fully saturated rings. The Morgan fingerprint density at radius 1 is 1.07 bits per heavy atom. The molecular weight excluding hydrogens is 563 g/mol. The maximum atomic E-state index is 15.3. The number of carbonyl (C=O) groups is 1. The molecule has 0 spiro atoms. The van der Waals surface area contributed by atoms with Crippen LogP contribution < -0.4 is 21.8 Å². The smallest absolute Gasteiger partial charge is 0.293 e. The Balaban J connectivity index is 1.60. The summed E-state index contributed by atoms with van der Waals surface area (Å²) in [5, 5.41) is 20.7. The van der Waals surface area contributed by atoms with Crippen LogP contribution in [0.1, 0.15) is 31.9 Å². The lowest BCUT2D eigenvalue weighted by Gasteiger charge is -2.20. The van der Waals surface area contributed by atoms with E-state index in [4.69, 9.17) is 0 Å². The van der Waals surface area contributed by atoms with Gasteiger partial charge < -0.3 is 20.3 Å². The summed E-state index contributed by atoms with van der Waals surface area (Å²) in [4.78, 5) is 42.8. The third kappa shape index (κ3) is 5.77. The number of amides is 1. The van der Waals surface area contributed by atoms with Gasteiger partial charge in [-0.15, -0.1) is 0 Å². The van der Waals surface area contributed by atoms with E-state index in [0.29, 0.717) is 33.6 Å². The van der Waals surface area contributed by atoms with E-state index in [1.165, 1.54) is 23.0 Å². The number of anilines is 3. The Morgan fingerprint density at radius 3 is 2.50 bits per heavy atom. The summed E-state index contributed by atoms with van der Waals surface area (Å²) in [6.07, 6.45) is 4.09. The minimum Gasteiger partial charge on any atom is -0.392 e. The lowest BCUT2D eigenvalue weighted by Crippen LogP contribution is -2.24. The molecule has 2 aromatic heterocycles. The predicted molar refractivity (Wildman–Crippen MR) is 169 cm³/mol. The number of hydrogen-bond acceptors (Lipinski definition) is 7. The van der Waals surface area contributed by atoms with E-state index in [2.05, 4.69) is 27.3 Å². The number of nitrogens with zero attached hydrogens (tertiary/aromatic N) is 4. The van der Waals surface area contributed by atoms with Gasteiger partial charge in [-0.2, -0.15) is 9.78 Å². The van der Waals surface area contributed by atoms with Crippen molar-refractivity contribution in [2.75, 3.05) is 10.6 Å². The average molecular weight is 595 g/mol. The molecule has 3 aromatic carbocycles. The van der Waals surface area contributed by atoms with Crippen molar-refractivity contribution < 1.29 is 14.3 Å². The number of halogens is 1. The third-order valence-electron chi connectivity index (χ3n) is 7.17. The Labute approximate surface area is 252 Å². The molecule has 44 heavy (non-hydrogen) atoms. The van der Waals surface area contributed by atoms with Crippen LogP contribution in [0.3, 0.4) is 0 Å². The van der Waals surface area contributed by atoms with Crippen LogP contribution >= 0.6 is 0 Å². The van der Waals surface area contributed by atoms with Crippen molar-refractivity contribution in [3.8, 4) is 16.9 Å². The number of aliphatic hydroxyl groups is 1. The van der Waals surface area contributed by atoms with Gasteiger partial charge in [0.25, 0.3) is 11.1 Å². The van der Waals surface area contributed by atoms with Gasteiger partial charge in [0, 0.05) is 41.1 Å². The van der Waals surface area contributed by atoms with Gasteiger partial charge >= 0.3 is 0 Å². The predicted octanol–water partition coefficient (Wildman–Crippen LogP) is 4.94. The van der Waals surface area contributed by atoms with E-state index < -0.39 is 23.5 Å². The molecule has 0 atom stereocenters. The van der Waals surface area contributed by atoms with E-state index in [9.17, 15) is 19.5 Å². The molecule has 0 bridgehead atoms. The molecule has 0 aliphatic carbocycles. The van der Waals surface area contributed by atoms with Gasteiger partial charge in [-0.25, -0.2) is 9.37 Å². The normalized spacial score (nSPS) is 11.4. The van der Waals surface area contributed by atoms with Crippen molar-refractivity contribution in [1.82, 2.24) is 19.3 Å². The lowest BCUT2D eigenvalue weighted by molar-refractivity contribution is -0.111. The van der Waals surface area contributed by atoms with Crippen LogP contribution in [0.25, 0.3) is 27.7 Å². The van der Waals surface area contributed by atoms with Crippen LogP contribution in [-0.2, 0) is 23.9 Å². The molecule has 3 N–H and O–H groups in total. The summed E-state index contributed by atoms with van der Waals surface area (Å²) in [6, 6.07) is 14.8. The van der Waals surface area contributed by atoms with Crippen LogP contribution in [0.5, 0.6) is 0 Å². The van der Waals surface area contributed by atoms with Crippen molar-refractivity contribution in [2.24, 2.45) is 7.05 Å². The topological polar surface area (TPSA) is 131 Å². The molecule has 5 rings (SSSR count). The van der Waals surface area contributed by atoms with Crippen LogP contribution in [0.2, 0.25) is 0 Å². The molecule has 0 aliphatic heterocycles. The van der Waals surface area contributed by atoms with Crippen LogP contribution in [-0.4, -0.2) is 30.3 Å². The fourth-order valence-corrected chi connectivity index (χ4v) is 4.84. The maximum absolute atomic E-state index is 15.3. The van der Waals surface area contributed by atoms with Crippen LogP contribution in [0.4, 0.5) is 21.6 Å². The minimum absolute atomic E-state index is 0.00999. The quantitative estimate of drug-likeness (QED) is 0.228. The van der Waals surface area contributed by atoms with Gasteiger partial charge in [-0.3, -0.25) is 14.4 Å². The van der Waals surface area contributed by atoms with Crippen LogP contribution in [0.15, 0.2) is 89.2 Å². The van der Waals surface area contributed by atoms with E-state index >= 15 is 4.39 Å². The Morgan fingerprint density at radius 2 is 1.80 bits per heavy atom. The number of carbonyl (C=O) groups excluding carboxylic acids is 1. The molecule has 0 aliphatic rings. The molecule has 0 saturated heterocycles. The van der Waals surface area contributed by atoms with E-state index in [1.54, 1.807) is 55.6 Å². The molecule has 0 saturated carbocycles. The van der Waals surface area contributed by atoms with Crippen LogP contribution in [0, 0.1) is 5.82 Å². The largest absolute Gasteiger partial charge is 0.392 e. The first kappa shape index (κ1) is 30.1. The molecule has 5 aromatic rings. The highest BCUT2D eigenvalue weighted by atomic mass is 19.1. The molecule has 0 radical (unpaired) electrons. The fraction of sp³-hybridized carbons (Fsp3) is 0.182. The Bertz CT molecular complexity index is 2060. The molecule has 1 amide bonds. The standard InChI is InChI=1S/C33H31FN6O4/c1-6-28(42)36-21-9-7-10-22(15-21)37-30-32(44)39(5)17-26(38-30)23-11-8-12-27(24(23)18-41)40-31(43)29-19(16-35-40)13-20(14-25(29)34)33(2,3)4/h6-17,41H,1,18H2,2-5H3,(H,36,42)(H,37,38). The summed E-state index contributed by atoms with van der Waals surface area (Å²) >= 11 is 0. The van der Waals surface area contributed by atoms with Gasteiger partial charge in [-0.1, -0.05) is 45.5 Å². The number of rotatable bonds is 7. The molecule has 2 heterocycles. The van der Waals surface area contributed by atoms with Gasteiger partial charge in [0.2, 0.25) is 5.91 Å². The molecule has 10 nitrogen and oxygen atoms in total. The zero-order valence-corrected chi connectivity index (χ0v) is 24.7. The van der Waals surface area contributed by atoms with E-state index in [0.717, 1.165) is 16.3 Å². The second-order valence-corrected chi connectivity index (χ2v) is 11.3. The summed E-state index contributed by atoms with van der Waals surface area (Å²) < 4.78 is 17.7. The monoisotopic (exact) mass is 594 g/mol. The van der Waals surface area contributed by atoms with Crippen molar-refractivity contribution in [2.45, 2.75) is 32.8 Å². The van der Waals surface area contributed by atoms with Crippen molar-refractivity contribution >= 4 is 33.9 Å². The summed E-state index contributed by atoms with van der Waals surface area (Å²) in [7, 11) is 1.56. The number of aromatic nitrogens is 4. The lowest BCUT2D eigenvalue weighted by atomic mass is 9.86. The van der Waals surface area contributed by atoms with Gasteiger partial charge in [0.15, 0.2) is 5.82 Å². The van der Waals surface area contributed by atoms with Gasteiger partial charge in [0.1, 0.15) is 5.82 Å². The maximum Gasteiger partial charge on any atom is 0.293 e. The zero-order valence-electron chi connectivity index (χ0n) is 24.7. The highest BCUT2D eigenvalue weighted by Gasteiger charge is 2.21. The SMILES string of the molecule is C=CC(=O)Nc1cccc(Nc2nc(-c3cccc(-n4ncc5cc(C(C)(C)C)cc(F)c5c4=O)c3CO)cn(C)c2=O)c1. The third-order valence-corrected chi connectivity index (χ3v) is 7.17. The highest BCUT2D eigenvalue weighted by Crippen LogP contribution is 2.30.